The highest BCUT2D eigenvalue weighted by Gasteiger charge is 2.25. The van der Waals surface area contributed by atoms with Gasteiger partial charge in [0.15, 0.2) is 0 Å². The molecule has 0 unspecified atom stereocenters. The number of benzene rings is 1. The summed E-state index contributed by atoms with van der Waals surface area (Å²) in [5, 5.41) is 0. The zero-order valence-electron chi connectivity index (χ0n) is 12.1. The molecule has 1 aliphatic rings. The Morgan fingerprint density at radius 2 is 2.11 bits per heavy atom. The number of hydrogen-bond acceptors (Lipinski definition) is 3. The third-order valence-corrected chi connectivity index (χ3v) is 4.08. The third kappa shape index (κ3) is 4.30. The lowest BCUT2D eigenvalue weighted by atomic mass is 10.1. The predicted molar refractivity (Wildman–Crippen MR) is 81.0 cm³/mol. The maximum atomic E-state index is 5.70. The van der Waals surface area contributed by atoms with Crippen LogP contribution in [0.1, 0.15) is 25.3 Å². The second-order valence-corrected chi connectivity index (χ2v) is 5.43. The molecule has 0 bridgehead atoms. The molecule has 0 aromatic heterocycles. The van der Waals surface area contributed by atoms with E-state index in [-0.39, 0.29) is 0 Å². The fourth-order valence-corrected chi connectivity index (χ4v) is 3.01. The standard InChI is InChI=1S/C16H27N3/c1-2-18(13-15-7-4-3-5-8-15)14-16-9-6-11-19(16)12-10-17/h3-5,7-8,16H,2,6,9-14,17H2,1H3/t16-/m1/s1. The summed E-state index contributed by atoms with van der Waals surface area (Å²) in [5.74, 6) is 0. The van der Waals surface area contributed by atoms with Crippen molar-refractivity contribution in [3.63, 3.8) is 0 Å². The lowest BCUT2D eigenvalue weighted by molar-refractivity contribution is 0.174. The van der Waals surface area contributed by atoms with Crippen LogP contribution in [0, 0.1) is 0 Å². The number of likely N-dealkylation sites (N-methyl/N-ethyl adjacent to an activating group) is 1. The van der Waals surface area contributed by atoms with Gasteiger partial charge in [-0.15, -0.1) is 0 Å². The Labute approximate surface area is 117 Å². The molecule has 1 aromatic rings. The van der Waals surface area contributed by atoms with Gasteiger partial charge in [-0.1, -0.05) is 37.3 Å². The monoisotopic (exact) mass is 261 g/mol. The van der Waals surface area contributed by atoms with Crippen molar-refractivity contribution in [1.82, 2.24) is 9.80 Å². The van der Waals surface area contributed by atoms with Gasteiger partial charge in [0.2, 0.25) is 0 Å². The van der Waals surface area contributed by atoms with Crippen LogP contribution in [-0.4, -0.2) is 48.6 Å². The largest absolute Gasteiger partial charge is 0.329 e. The summed E-state index contributed by atoms with van der Waals surface area (Å²) >= 11 is 0. The van der Waals surface area contributed by atoms with Crippen molar-refractivity contribution < 1.29 is 0 Å². The summed E-state index contributed by atoms with van der Waals surface area (Å²) in [6, 6.07) is 11.5. The van der Waals surface area contributed by atoms with E-state index in [4.69, 9.17) is 5.73 Å². The highest BCUT2D eigenvalue weighted by atomic mass is 15.2. The molecular formula is C16H27N3. The minimum absolute atomic E-state index is 0.701. The van der Waals surface area contributed by atoms with Crippen molar-refractivity contribution >= 4 is 0 Å². The summed E-state index contributed by atoms with van der Waals surface area (Å²) in [7, 11) is 0. The molecule has 1 aromatic carbocycles. The van der Waals surface area contributed by atoms with Gasteiger partial charge in [-0.2, -0.15) is 0 Å². The molecule has 3 heteroatoms. The van der Waals surface area contributed by atoms with Gasteiger partial charge in [0.05, 0.1) is 0 Å². The van der Waals surface area contributed by atoms with Gasteiger partial charge in [0.25, 0.3) is 0 Å². The summed E-state index contributed by atoms with van der Waals surface area (Å²) < 4.78 is 0. The Hall–Kier alpha value is -0.900. The smallest absolute Gasteiger partial charge is 0.0234 e. The van der Waals surface area contributed by atoms with E-state index < -0.39 is 0 Å². The molecule has 1 fully saturated rings. The summed E-state index contributed by atoms with van der Waals surface area (Å²) in [5.41, 5.74) is 7.11. The summed E-state index contributed by atoms with van der Waals surface area (Å²) in [6.45, 7) is 8.66. The normalized spacial score (nSPS) is 20.3. The molecule has 0 aliphatic carbocycles. The molecule has 3 nitrogen and oxygen atoms in total. The quantitative estimate of drug-likeness (QED) is 0.814. The second-order valence-electron chi connectivity index (χ2n) is 5.43. The molecule has 2 rings (SSSR count). The number of likely N-dealkylation sites (tertiary alicyclic amines) is 1. The summed E-state index contributed by atoms with van der Waals surface area (Å²) in [6.07, 6.45) is 2.65. The highest BCUT2D eigenvalue weighted by molar-refractivity contribution is 5.14. The van der Waals surface area contributed by atoms with E-state index >= 15 is 0 Å². The van der Waals surface area contributed by atoms with Crippen LogP contribution in [0.4, 0.5) is 0 Å². The second kappa shape index (κ2) is 7.63. The van der Waals surface area contributed by atoms with E-state index in [1.807, 2.05) is 0 Å². The predicted octanol–water partition coefficient (Wildman–Crippen LogP) is 1.93. The van der Waals surface area contributed by atoms with Crippen molar-refractivity contribution in [3.8, 4) is 0 Å². The van der Waals surface area contributed by atoms with E-state index in [0.717, 1.165) is 26.2 Å². The fraction of sp³-hybridized carbons (Fsp3) is 0.625. The molecule has 1 aliphatic heterocycles. The maximum absolute atomic E-state index is 5.70. The van der Waals surface area contributed by atoms with Crippen molar-refractivity contribution in [2.45, 2.75) is 32.4 Å². The Bertz CT molecular complexity index is 352. The van der Waals surface area contributed by atoms with Crippen molar-refractivity contribution in [2.24, 2.45) is 5.73 Å². The van der Waals surface area contributed by atoms with Crippen LogP contribution in [0.25, 0.3) is 0 Å². The van der Waals surface area contributed by atoms with Crippen molar-refractivity contribution in [2.75, 3.05) is 32.7 Å². The molecule has 19 heavy (non-hydrogen) atoms. The van der Waals surface area contributed by atoms with Crippen molar-refractivity contribution in [1.29, 1.82) is 0 Å². The first kappa shape index (κ1) is 14.5. The van der Waals surface area contributed by atoms with Crippen molar-refractivity contribution in [3.05, 3.63) is 35.9 Å². The van der Waals surface area contributed by atoms with E-state index in [1.165, 1.54) is 31.5 Å². The molecule has 1 atom stereocenters. The molecule has 1 heterocycles. The van der Waals surface area contributed by atoms with Gasteiger partial charge in [0, 0.05) is 32.2 Å². The maximum Gasteiger partial charge on any atom is 0.0234 e. The number of nitrogens with two attached hydrogens (primary N) is 1. The Morgan fingerprint density at radius 1 is 1.32 bits per heavy atom. The fourth-order valence-electron chi connectivity index (χ4n) is 3.01. The zero-order valence-corrected chi connectivity index (χ0v) is 12.1. The lowest BCUT2D eigenvalue weighted by Gasteiger charge is -2.30. The first-order valence-electron chi connectivity index (χ1n) is 7.54. The molecule has 0 spiro atoms. The SMILES string of the molecule is CCN(Cc1ccccc1)C[C@H]1CCCN1CCN. The van der Waals surface area contributed by atoms with E-state index in [1.54, 1.807) is 0 Å². The van der Waals surface area contributed by atoms with Crippen LogP contribution >= 0.6 is 0 Å². The topological polar surface area (TPSA) is 32.5 Å². The number of hydrogen-bond donors (Lipinski definition) is 1. The minimum Gasteiger partial charge on any atom is -0.329 e. The van der Waals surface area contributed by atoms with Crippen LogP contribution in [-0.2, 0) is 6.54 Å². The minimum atomic E-state index is 0.701. The van der Waals surface area contributed by atoms with Crippen LogP contribution in [0.3, 0.4) is 0 Å². The molecule has 2 N–H and O–H groups in total. The molecule has 0 saturated carbocycles. The van der Waals surface area contributed by atoms with Gasteiger partial charge >= 0.3 is 0 Å². The van der Waals surface area contributed by atoms with Gasteiger partial charge in [-0.25, -0.2) is 0 Å². The average molecular weight is 261 g/mol. The molecule has 106 valence electrons. The van der Waals surface area contributed by atoms with E-state index in [2.05, 4.69) is 47.1 Å². The van der Waals surface area contributed by atoms with Crippen LogP contribution in [0.5, 0.6) is 0 Å². The molecule has 0 radical (unpaired) electrons. The van der Waals surface area contributed by atoms with E-state index in [0.29, 0.717) is 6.04 Å². The average Bonchev–Trinajstić information content (AvgIpc) is 2.87. The summed E-state index contributed by atoms with van der Waals surface area (Å²) in [4.78, 5) is 5.11. The molecule has 0 amide bonds. The zero-order chi connectivity index (χ0) is 13.5. The third-order valence-electron chi connectivity index (χ3n) is 4.08. The Balaban J connectivity index is 1.88. The molecular weight excluding hydrogens is 234 g/mol. The van der Waals surface area contributed by atoms with Gasteiger partial charge in [-0.05, 0) is 31.5 Å². The number of rotatable bonds is 7. The van der Waals surface area contributed by atoms with Gasteiger partial charge in [0.1, 0.15) is 0 Å². The van der Waals surface area contributed by atoms with Gasteiger partial charge in [-0.3, -0.25) is 9.80 Å². The Morgan fingerprint density at radius 3 is 2.79 bits per heavy atom. The number of nitrogens with zero attached hydrogens (tertiary/aromatic N) is 2. The lowest BCUT2D eigenvalue weighted by Crippen LogP contribution is -2.42. The van der Waals surface area contributed by atoms with Gasteiger partial charge < -0.3 is 5.73 Å². The highest BCUT2D eigenvalue weighted by Crippen LogP contribution is 2.18. The first-order chi connectivity index (χ1) is 9.33. The van der Waals surface area contributed by atoms with E-state index in [9.17, 15) is 0 Å². The first-order valence-corrected chi connectivity index (χ1v) is 7.54. The van der Waals surface area contributed by atoms with Crippen LogP contribution in [0.15, 0.2) is 30.3 Å². The van der Waals surface area contributed by atoms with Crippen LogP contribution < -0.4 is 5.73 Å². The Kier molecular flexibility index (Phi) is 5.83. The molecule has 1 saturated heterocycles. The van der Waals surface area contributed by atoms with Crippen LogP contribution in [0.2, 0.25) is 0 Å².